The third kappa shape index (κ3) is 38.3. The fourth-order valence-corrected chi connectivity index (χ4v) is 6.42. The van der Waals surface area contributed by atoms with Gasteiger partial charge in [0.15, 0.2) is 6.10 Å². The number of carboxylic acids is 1. The van der Waals surface area contributed by atoms with E-state index in [1.165, 1.54) is 89.9 Å². The van der Waals surface area contributed by atoms with Crippen molar-refractivity contribution in [1.82, 2.24) is 0 Å². The Balaban J connectivity index is 4.45. The average Bonchev–Trinajstić information content (AvgIpc) is 3.17. The van der Waals surface area contributed by atoms with Crippen molar-refractivity contribution in [3.8, 4) is 0 Å². The largest absolute Gasteiger partial charge is 0.480 e. The minimum atomic E-state index is -4.73. The molecule has 0 saturated heterocycles. The highest BCUT2D eigenvalue weighted by Crippen LogP contribution is 2.43. The summed E-state index contributed by atoms with van der Waals surface area (Å²) in [5.41, 5.74) is 5.33. The Hall–Kier alpha value is -2.56. The Morgan fingerprint density at radius 1 is 0.554 bits per heavy atom. The van der Waals surface area contributed by atoms with Crippen LogP contribution in [0.3, 0.4) is 0 Å². The molecule has 0 bridgehead atoms. The predicted molar refractivity (Wildman–Crippen MR) is 226 cm³/mol. The van der Waals surface area contributed by atoms with E-state index < -0.39 is 51.1 Å². The Kier molecular flexibility index (Phi) is 37.5. The summed E-state index contributed by atoms with van der Waals surface area (Å²) in [5, 5.41) is 8.88. The van der Waals surface area contributed by atoms with Crippen LogP contribution in [0.4, 0.5) is 0 Å². The van der Waals surface area contributed by atoms with Gasteiger partial charge < -0.3 is 25.2 Å². The smallest absolute Gasteiger partial charge is 0.472 e. The number of unbranched alkanes of at least 4 members (excludes halogenated alkanes) is 18. The molecule has 324 valence electrons. The number of aliphatic carboxylic acids is 1. The Bertz CT molecular complexity index is 1140. The maximum atomic E-state index is 12.6. The minimum absolute atomic E-state index is 0.146. The first-order chi connectivity index (χ1) is 27.1. The second kappa shape index (κ2) is 39.3. The quantitative estimate of drug-likeness (QED) is 0.0233. The molecule has 56 heavy (non-hydrogen) atoms. The molecule has 0 spiro atoms. The number of carbonyl (C=O) groups is 3. The first-order valence-corrected chi connectivity index (χ1v) is 23.2. The zero-order valence-corrected chi connectivity index (χ0v) is 35.9. The van der Waals surface area contributed by atoms with Crippen LogP contribution in [0.25, 0.3) is 0 Å². The molecule has 0 fully saturated rings. The van der Waals surface area contributed by atoms with Crippen LogP contribution in [0.1, 0.15) is 181 Å². The highest BCUT2D eigenvalue weighted by molar-refractivity contribution is 7.47. The number of carboxylic acid groups (broad SMARTS) is 1. The number of hydrogen-bond acceptors (Lipinski definition) is 9. The lowest BCUT2D eigenvalue weighted by molar-refractivity contribution is -0.161. The van der Waals surface area contributed by atoms with Crippen molar-refractivity contribution in [3.05, 3.63) is 48.6 Å². The zero-order valence-electron chi connectivity index (χ0n) is 35.0. The first kappa shape index (κ1) is 53.4. The number of carbonyl (C=O) groups excluding carboxylic acids is 2. The highest BCUT2D eigenvalue weighted by atomic mass is 31.2. The average molecular weight is 812 g/mol. The lowest BCUT2D eigenvalue weighted by Crippen LogP contribution is -2.34. The van der Waals surface area contributed by atoms with Gasteiger partial charge in [0.25, 0.3) is 0 Å². The summed E-state index contributed by atoms with van der Waals surface area (Å²) in [7, 11) is -4.73. The van der Waals surface area contributed by atoms with E-state index in [1.54, 1.807) is 0 Å². The summed E-state index contributed by atoms with van der Waals surface area (Å²) < 4.78 is 32.6. The van der Waals surface area contributed by atoms with Gasteiger partial charge in [0.05, 0.1) is 13.2 Å². The number of esters is 2. The molecule has 11 nitrogen and oxygen atoms in total. The lowest BCUT2D eigenvalue weighted by Gasteiger charge is -2.20. The molecule has 0 rings (SSSR count). The summed E-state index contributed by atoms with van der Waals surface area (Å²) in [6.45, 7) is 2.72. The number of hydrogen-bond donors (Lipinski definition) is 3. The number of phosphoric acid groups is 1. The van der Waals surface area contributed by atoms with Crippen molar-refractivity contribution in [3.63, 3.8) is 0 Å². The molecule has 0 aromatic heterocycles. The van der Waals surface area contributed by atoms with Crippen molar-refractivity contribution in [2.24, 2.45) is 5.73 Å². The van der Waals surface area contributed by atoms with E-state index in [4.69, 9.17) is 24.8 Å². The van der Waals surface area contributed by atoms with E-state index >= 15 is 0 Å². The molecule has 3 atom stereocenters. The van der Waals surface area contributed by atoms with Crippen molar-refractivity contribution < 1.29 is 47.5 Å². The molecular weight excluding hydrogens is 733 g/mol. The molecule has 4 N–H and O–H groups in total. The number of nitrogens with two attached hydrogens (primary N) is 1. The number of ether oxygens (including phenoxy) is 2. The van der Waals surface area contributed by atoms with E-state index in [2.05, 4.69) is 60.9 Å². The van der Waals surface area contributed by atoms with E-state index in [9.17, 15) is 23.8 Å². The molecule has 0 aromatic rings. The van der Waals surface area contributed by atoms with E-state index in [1.807, 2.05) is 6.08 Å². The van der Waals surface area contributed by atoms with Crippen molar-refractivity contribution in [1.29, 1.82) is 0 Å². The Morgan fingerprint density at radius 3 is 1.46 bits per heavy atom. The molecule has 12 heteroatoms. The number of allylic oxidation sites excluding steroid dienone is 8. The fourth-order valence-electron chi connectivity index (χ4n) is 5.65. The van der Waals surface area contributed by atoms with Gasteiger partial charge >= 0.3 is 25.7 Å². The SMILES string of the molecule is CCCCCC=CCC=CCC=CCC=CCCCC(=O)OC[C@H](COP(=O)(O)OC[C@H](N)C(=O)O)OC(=O)CCCCCCCCCCCCCCCCC. The van der Waals surface area contributed by atoms with Gasteiger partial charge in [-0.25, -0.2) is 4.57 Å². The predicted octanol–water partition coefficient (Wildman–Crippen LogP) is 11.4. The molecule has 0 saturated carbocycles. The standard InChI is InChI=1S/C44H78NO10P/c1-3-5-7-9-11-13-15-17-19-20-22-23-25-27-29-31-33-35-42(46)52-37-40(38-53-56(50,51)54-39-41(45)44(48)49)55-43(47)36-34-32-30-28-26-24-21-18-16-14-12-10-8-6-4-2/h11,13,17,19,22-23,27,29,40-41H,3-10,12,14-16,18,20-21,24-26,28,30-39,45H2,1-2H3,(H,48,49)(H,50,51)/t40-,41+/m1/s1. The van der Waals surface area contributed by atoms with Gasteiger partial charge in [0, 0.05) is 12.8 Å². The van der Waals surface area contributed by atoms with Gasteiger partial charge in [0.1, 0.15) is 12.6 Å². The zero-order chi connectivity index (χ0) is 41.4. The van der Waals surface area contributed by atoms with E-state index in [-0.39, 0.29) is 19.4 Å². The van der Waals surface area contributed by atoms with E-state index in [0.29, 0.717) is 19.3 Å². The summed E-state index contributed by atoms with van der Waals surface area (Å²) in [5.74, 6) is -2.45. The molecule has 0 aliphatic carbocycles. The maximum Gasteiger partial charge on any atom is 0.472 e. The number of rotatable bonds is 40. The van der Waals surface area contributed by atoms with Crippen molar-refractivity contribution in [2.45, 2.75) is 193 Å². The molecule has 0 amide bonds. The van der Waals surface area contributed by atoms with Crippen LogP contribution in [0.2, 0.25) is 0 Å². The highest BCUT2D eigenvalue weighted by Gasteiger charge is 2.28. The van der Waals surface area contributed by atoms with Crippen molar-refractivity contribution >= 4 is 25.7 Å². The van der Waals surface area contributed by atoms with Crippen LogP contribution in [0.5, 0.6) is 0 Å². The molecule has 0 radical (unpaired) electrons. The summed E-state index contributed by atoms with van der Waals surface area (Å²) >= 11 is 0. The van der Waals surface area contributed by atoms with Gasteiger partial charge in [-0.3, -0.25) is 23.4 Å². The molecule has 0 aromatic carbocycles. The minimum Gasteiger partial charge on any atom is -0.480 e. The third-order valence-electron chi connectivity index (χ3n) is 9.08. The second-order valence-corrected chi connectivity index (χ2v) is 15.9. The van der Waals surface area contributed by atoms with Crippen LogP contribution >= 0.6 is 7.82 Å². The van der Waals surface area contributed by atoms with Gasteiger partial charge in [-0.15, -0.1) is 0 Å². The Morgan fingerprint density at radius 2 is 0.964 bits per heavy atom. The van der Waals surface area contributed by atoms with Crippen LogP contribution in [-0.4, -0.2) is 59.9 Å². The normalized spacial score (nSPS) is 14.2. The van der Waals surface area contributed by atoms with Gasteiger partial charge in [-0.05, 0) is 51.4 Å². The Labute approximate surface area is 339 Å². The summed E-state index contributed by atoms with van der Waals surface area (Å²) in [6.07, 6.45) is 43.2. The summed E-state index contributed by atoms with van der Waals surface area (Å²) in [4.78, 5) is 45.9. The van der Waals surface area contributed by atoms with Gasteiger partial charge in [-0.2, -0.15) is 0 Å². The molecule has 0 aliphatic heterocycles. The number of phosphoric ester groups is 1. The molecule has 1 unspecified atom stereocenters. The lowest BCUT2D eigenvalue weighted by atomic mass is 10.0. The topological polar surface area (TPSA) is 172 Å². The summed E-state index contributed by atoms with van der Waals surface area (Å²) in [6, 6.07) is -1.53. The van der Waals surface area contributed by atoms with Crippen molar-refractivity contribution in [2.75, 3.05) is 19.8 Å². The maximum absolute atomic E-state index is 12.6. The second-order valence-electron chi connectivity index (χ2n) is 14.5. The van der Waals surface area contributed by atoms with Crippen LogP contribution in [-0.2, 0) is 37.5 Å². The van der Waals surface area contributed by atoms with Crippen LogP contribution in [0, 0.1) is 0 Å². The molecule has 0 heterocycles. The fraction of sp³-hybridized carbons (Fsp3) is 0.750. The third-order valence-corrected chi connectivity index (χ3v) is 10.0. The van der Waals surface area contributed by atoms with Crippen LogP contribution < -0.4 is 5.73 Å². The van der Waals surface area contributed by atoms with E-state index in [0.717, 1.165) is 44.9 Å². The first-order valence-electron chi connectivity index (χ1n) is 21.7. The molecular formula is C44H78NO10P. The monoisotopic (exact) mass is 812 g/mol. The molecule has 0 aliphatic rings. The van der Waals surface area contributed by atoms with Gasteiger partial charge in [-0.1, -0.05) is 165 Å². The van der Waals surface area contributed by atoms with Crippen LogP contribution in [0.15, 0.2) is 48.6 Å². The van der Waals surface area contributed by atoms with Gasteiger partial charge in [0.2, 0.25) is 0 Å².